The first kappa shape index (κ1) is 13.1. The number of methoxy groups -OCH3 is 1. The number of benzene rings is 1. The molecule has 0 atom stereocenters. The monoisotopic (exact) mass is 264 g/mol. The predicted molar refractivity (Wildman–Crippen MR) is 66.6 cm³/mol. The minimum Gasteiger partial charge on any atom is -0.494 e. The number of halogens is 1. The fourth-order valence-corrected chi connectivity index (χ4v) is 1.64. The summed E-state index contributed by atoms with van der Waals surface area (Å²) in [5, 5.41) is 4.07. The zero-order valence-electron chi connectivity index (χ0n) is 10.6. The van der Waals surface area contributed by atoms with Crippen molar-refractivity contribution in [1.82, 2.24) is 9.78 Å². The Morgan fingerprint density at radius 1 is 1.42 bits per heavy atom. The van der Waals surface area contributed by atoms with Crippen molar-refractivity contribution in [1.29, 1.82) is 0 Å². The number of aromatic nitrogens is 2. The molecule has 0 spiro atoms. The summed E-state index contributed by atoms with van der Waals surface area (Å²) in [5.41, 5.74) is 0.775. The molecule has 0 aliphatic carbocycles. The van der Waals surface area contributed by atoms with Gasteiger partial charge in [0, 0.05) is 6.07 Å². The van der Waals surface area contributed by atoms with Gasteiger partial charge in [0.05, 0.1) is 25.6 Å². The Labute approximate surface area is 109 Å². The van der Waals surface area contributed by atoms with Crippen LogP contribution in [0.3, 0.4) is 0 Å². The summed E-state index contributed by atoms with van der Waals surface area (Å²) in [6.45, 7) is 2.24. The first-order chi connectivity index (χ1) is 9.19. The minimum atomic E-state index is -0.459. The number of carbonyl (C=O) groups is 1. The first-order valence-electron chi connectivity index (χ1n) is 5.71. The smallest absolute Gasteiger partial charge is 0.174 e. The SMILES string of the molecule is CCOc1cn(-c2ccc(F)c(OC)c2)nc1C=O. The van der Waals surface area contributed by atoms with Gasteiger partial charge in [0.2, 0.25) is 0 Å². The van der Waals surface area contributed by atoms with Crippen LogP contribution in [-0.2, 0) is 0 Å². The highest BCUT2D eigenvalue weighted by atomic mass is 19.1. The van der Waals surface area contributed by atoms with Crippen molar-refractivity contribution in [3.05, 3.63) is 35.9 Å². The average Bonchev–Trinajstić information content (AvgIpc) is 2.83. The molecule has 6 heteroatoms. The van der Waals surface area contributed by atoms with Crippen molar-refractivity contribution >= 4 is 6.29 Å². The van der Waals surface area contributed by atoms with Gasteiger partial charge in [-0.15, -0.1) is 0 Å². The highest BCUT2D eigenvalue weighted by molar-refractivity contribution is 5.76. The second-order valence-electron chi connectivity index (χ2n) is 3.69. The fourth-order valence-electron chi connectivity index (χ4n) is 1.64. The van der Waals surface area contributed by atoms with Crippen LogP contribution in [0.5, 0.6) is 11.5 Å². The fraction of sp³-hybridized carbons (Fsp3) is 0.231. The summed E-state index contributed by atoms with van der Waals surface area (Å²) in [6, 6.07) is 4.30. The van der Waals surface area contributed by atoms with Gasteiger partial charge < -0.3 is 9.47 Å². The topological polar surface area (TPSA) is 53.4 Å². The van der Waals surface area contributed by atoms with Gasteiger partial charge >= 0.3 is 0 Å². The lowest BCUT2D eigenvalue weighted by Crippen LogP contribution is -1.97. The van der Waals surface area contributed by atoms with Gasteiger partial charge in [0.25, 0.3) is 0 Å². The molecule has 0 radical (unpaired) electrons. The van der Waals surface area contributed by atoms with Gasteiger partial charge in [-0.25, -0.2) is 9.07 Å². The Morgan fingerprint density at radius 3 is 2.84 bits per heavy atom. The minimum absolute atomic E-state index is 0.110. The zero-order chi connectivity index (χ0) is 13.8. The molecule has 2 rings (SSSR count). The zero-order valence-corrected chi connectivity index (χ0v) is 10.6. The third-order valence-electron chi connectivity index (χ3n) is 2.52. The van der Waals surface area contributed by atoms with Crippen molar-refractivity contribution in [2.75, 3.05) is 13.7 Å². The van der Waals surface area contributed by atoms with E-state index in [1.807, 2.05) is 6.92 Å². The maximum Gasteiger partial charge on any atom is 0.174 e. The summed E-state index contributed by atoms with van der Waals surface area (Å²) in [6.07, 6.45) is 2.18. The maximum atomic E-state index is 13.3. The van der Waals surface area contributed by atoms with E-state index >= 15 is 0 Å². The van der Waals surface area contributed by atoms with Crippen molar-refractivity contribution in [3.63, 3.8) is 0 Å². The molecule has 19 heavy (non-hydrogen) atoms. The van der Waals surface area contributed by atoms with Gasteiger partial charge in [-0.3, -0.25) is 4.79 Å². The van der Waals surface area contributed by atoms with Gasteiger partial charge in [0.15, 0.2) is 29.3 Å². The highest BCUT2D eigenvalue weighted by Gasteiger charge is 2.12. The van der Waals surface area contributed by atoms with E-state index in [0.29, 0.717) is 24.3 Å². The van der Waals surface area contributed by atoms with Gasteiger partial charge in [-0.05, 0) is 19.1 Å². The number of hydrogen-bond acceptors (Lipinski definition) is 4. The molecule has 0 unspecified atom stereocenters. The molecule has 2 aromatic rings. The molecule has 1 aromatic carbocycles. The van der Waals surface area contributed by atoms with Crippen molar-refractivity contribution < 1.29 is 18.7 Å². The number of rotatable bonds is 5. The molecule has 0 amide bonds. The summed E-state index contributed by atoms with van der Waals surface area (Å²) < 4.78 is 25.0. The van der Waals surface area contributed by atoms with Crippen LogP contribution in [0.1, 0.15) is 17.4 Å². The Kier molecular flexibility index (Phi) is 3.79. The molecular weight excluding hydrogens is 251 g/mol. The van der Waals surface area contributed by atoms with Crippen LogP contribution in [0.2, 0.25) is 0 Å². The Hall–Kier alpha value is -2.37. The van der Waals surface area contributed by atoms with Crippen LogP contribution in [0.4, 0.5) is 4.39 Å². The lowest BCUT2D eigenvalue weighted by Gasteiger charge is -2.05. The molecule has 100 valence electrons. The summed E-state index contributed by atoms with van der Waals surface area (Å²) in [4.78, 5) is 10.9. The predicted octanol–water partition coefficient (Wildman–Crippen LogP) is 2.23. The van der Waals surface area contributed by atoms with E-state index in [2.05, 4.69) is 5.10 Å². The third kappa shape index (κ3) is 2.57. The first-order valence-corrected chi connectivity index (χ1v) is 5.71. The molecule has 1 heterocycles. The van der Waals surface area contributed by atoms with Gasteiger partial charge in [-0.2, -0.15) is 5.10 Å². The molecule has 0 aliphatic rings. The Bertz CT molecular complexity index is 596. The second kappa shape index (κ2) is 5.51. The average molecular weight is 264 g/mol. The van der Waals surface area contributed by atoms with Crippen molar-refractivity contribution in [2.45, 2.75) is 6.92 Å². The summed E-state index contributed by atoms with van der Waals surface area (Å²) in [5.74, 6) is 0.0402. The number of nitrogens with zero attached hydrogens (tertiary/aromatic N) is 2. The van der Waals surface area contributed by atoms with Crippen molar-refractivity contribution in [2.24, 2.45) is 0 Å². The van der Waals surface area contributed by atoms with Crippen LogP contribution >= 0.6 is 0 Å². The van der Waals surface area contributed by atoms with Crippen LogP contribution < -0.4 is 9.47 Å². The van der Waals surface area contributed by atoms with Crippen LogP contribution in [0.25, 0.3) is 5.69 Å². The van der Waals surface area contributed by atoms with E-state index in [1.54, 1.807) is 6.20 Å². The summed E-state index contributed by atoms with van der Waals surface area (Å²) >= 11 is 0. The third-order valence-corrected chi connectivity index (χ3v) is 2.52. The van der Waals surface area contributed by atoms with E-state index in [-0.39, 0.29) is 11.4 Å². The van der Waals surface area contributed by atoms with E-state index in [4.69, 9.17) is 9.47 Å². The lowest BCUT2D eigenvalue weighted by molar-refractivity contribution is 0.111. The number of carbonyl (C=O) groups excluding carboxylic acids is 1. The summed E-state index contributed by atoms with van der Waals surface area (Å²) in [7, 11) is 1.38. The van der Waals surface area contributed by atoms with Crippen LogP contribution in [0, 0.1) is 5.82 Å². The number of hydrogen-bond donors (Lipinski definition) is 0. The largest absolute Gasteiger partial charge is 0.494 e. The molecule has 0 fully saturated rings. The Morgan fingerprint density at radius 2 is 2.21 bits per heavy atom. The molecular formula is C13H13FN2O3. The molecule has 0 bridgehead atoms. The normalized spacial score (nSPS) is 10.3. The highest BCUT2D eigenvalue weighted by Crippen LogP contribution is 2.23. The van der Waals surface area contributed by atoms with E-state index in [9.17, 15) is 9.18 Å². The molecule has 0 saturated carbocycles. The second-order valence-corrected chi connectivity index (χ2v) is 3.69. The van der Waals surface area contributed by atoms with Gasteiger partial charge in [0.1, 0.15) is 0 Å². The molecule has 0 N–H and O–H groups in total. The number of ether oxygens (including phenoxy) is 2. The molecule has 0 aliphatic heterocycles. The quantitative estimate of drug-likeness (QED) is 0.777. The maximum absolute atomic E-state index is 13.3. The van der Waals surface area contributed by atoms with E-state index in [0.717, 1.165) is 0 Å². The van der Waals surface area contributed by atoms with E-state index < -0.39 is 5.82 Å². The Balaban J connectivity index is 2.43. The molecule has 0 saturated heterocycles. The van der Waals surface area contributed by atoms with Crippen LogP contribution in [0.15, 0.2) is 24.4 Å². The number of aldehydes is 1. The standard InChI is InChI=1S/C13H13FN2O3/c1-3-19-13-7-16(15-11(13)8-17)9-4-5-10(14)12(6-9)18-2/h4-8H,3H2,1-2H3. The molecule has 1 aromatic heterocycles. The van der Waals surface area contributed by atoms with Crippen molar-refractivity contribution in [3.8, 4) is 17.2 Å². The van der Waals surface area contributed by atoms with E-state index in [1.165, 1.54) is 30.0 Å². The van der Waals surface area contributed by atoms with Gasteiger partial charge in [-0.1, -0.05) is 0 Å². The molecule has 5 nitrogen and oxygen atoms in total. The van der Waals surface area contributed by atoms with Crippen LogP contribution in [-0.4, -0.2) is 29.8 Å². The lowest BCUT2D eigenvalue weighted by atomic mass is 10.3.